The summed E-state index contributed by atoms with van der Waals surface area (Å²) < 4.78 is 15.6. The van der Waals surface area contributed by atoms with Crippen molar-refractivity contribution in [3.63, 3.8) is 0 Å². The van der Waals surface area contributed by atoms with Gasteiger partial charge in [-0.2, -0.15) is 12.6 Å². The summed E-state index contributed by atoms with van der Waals surface area (Å²) in [6.45, 7) is 12.9. The van der Waals surface area contributed by atoms with Gasteiger partial charge < -0.3 is 19.5 Å². The van der Waals surface area contributed by atoms with Gasteiger partial charge in [0.1, 0.15) is 6.61 Å². The van der Waals surface area contributed by atoms with E-state index in [-0.39, 0.29) is 20.2 Å². The van der Waals surface area contributed by atoms with Gasteiger partial charge in [-0.05, 0) is 32.1 Å². The number of hydrogen-bond acceptors (Lipinski definition) is 5. The lowest BCUT2D eigenvalue weighted by Crippen LogP contribution is -2.38. The molecule has 0 radical (unpaired) electrons. The molecule has 1 saturated carbocycles. The second-order valence-electron chi connectivity index (χ2n) is 5.72. The van der Waals surface area contributed by atoms with E-state index in [0.29, 0.717) is 25.1 Å². The van der Waals surface area contributed by atoms with Crippen LogP contribution < -0.4 is 5.32 Å². The minimum absolute atomic E-state index is 0. The summed E-state index contributed by atoms with van der Waals surface area (Å²) in [6.07, 6.45) is 5.98. The average molecular weight is 382 g/mol. The first-order valence-electron chi connectivity index (χ1n) is 9.90. The second kappa shape index (κ2) is 21.6. The number of hydrogen-bond donors (Lipinski definition) is 2. The van der Waals surface area contributed by atoms with Crippen molar-refractivity contribution in [3.8, 4) is 0 Å². The molecule has 1 N–H and O–H groups in total. The Morgan fingerprint density at radius 1 is 0.960 bits per heavy atom. The zero-order chi connectivity index (χ0) is 19.3. The third kappa shape index (κ3) is 19.7. The van der Waals surface area contributed by atoms with E-state index in [1.165, 1.54) is 6.42 Å². The van der Waals surface area contributed by atoms with Crippen LogP contribution in [0.4, 0.5) is 4.79 Å². The van der Waals surface area contributed by atoms with Crippen LogP contribution in [0, 0.1) is 0 Å². The number of alkyl carbamates (subject to hydrolysis) is 1. The van der Waals surface area contributed by atoms with E-state index in [2.05, 4.69) is 38.7 Å². The van der Waals surface area contributed by atoms with Gasteiger partial charge in [-0.3, -0.25) is 0 Å². The summed E-state index contributed by atoms with van der Waals surface area (Å²) in [5, 5.41) is 3.36. The van der Waals surface area contributed by atoms with Gasteiger partial charge in [-0.1, -0.05) is 41.0 Å². The van der Waals surface area contributed by atoms with Crippen LogP contribution in [0.25, 0.3) is 0 Å². The minimum Gasteiger partial charge on any atom is -0.447 e. The summed E-state index contributed by atoms with van der Waals surface area (Å²) in [4.78, 5) is 11.5. The standard InChI is InChI=1S/C14H27NO4S.C3H8.C2H6.H2/c1-2-7-17-8-9-18-10-11-19-14(16)15-12-3-5-13(20)6-4-12;1-3-2;1-2;/h12-13,20H,2-11H2,1H3,(H,15,16);3H2,1-2H3;1-2H3;1H. The van der Waals surface area contributed by atoms with Gasteiger partial charge >= 0.3 is 6.09 Å². The van der Waals surface area contributed by atoms with Crippen LogP contribution in [0.5, 0.6) is 0 Å². The summed E-state index contributed by atoms with van der Waals surface area (Å²) in [7, 11) is 0. The van der Waals surface area contributed by atoms with Gasteiger partial charge in [0.2, 0.25) is 0 Å². The van der Waals surface area contributed by atoms with E-state index in [1.807, 2.05) is 13.8 Å². The smallest absolute Gasteiger partial charge is 0.407 e. The molecule has 1 fully saturated rings. The SMILES string of the molecule is CC.CCC.CCCOCCOCCOC(=O)NC1CCC(S)CC1.[HH]. The van der Waals surface area contributed by atoms with E-state index in [4.69, 9.17) is 14.2 Å². The maximum atomic E-state index is 11.5. The summed E-state index contributed by atoms with van der Waals surface area (Å²) >= 11 is 4.43. The van der Waals surface area contributed by atoms with Crippen molar-refractivity contribution < 1.29 is 20.4 Å². The maximum absolute atomic E-state index is 11.5. The molecule has 1 aliphatic rings. The van der Waals surface area contributed by atoms with Gasteiger partial charge in [-0.25, -0.2) is 4.79 Å². The normalized spacial score (nSPS) is 19.0. The molecule has 0 spiro atoms. The van der Waals surface area contributed by atoms with Crippen LogP contribution in [0.2, 0.25) is 0 Å². The lowest BCUT2D eigenvalue weighted by atomic mass is 9.95. The zero-order valence-electron chi connectivity index (χ0n) is 17.0. The summed E-state index contributed by atoms with van der Waals surface area (Å²) in [6, 6.07) is 0.231. The molecule has 1 aliphatic carbocycles. The Labute approximate surface area is 162 Å². The molecule has 25 heavy (non-hydrogen) atoms. The molecule has 154 valence electrons. The Morgan fingerprint density at radius 3 is 1.96 bits per heavy atom. The van der Waals surface area contributed by atoms with Gasteiger partial charge in [0.25, 0.3) is 0 Å². The molecule has 6 heteroatoms. The largest absolute Gasteiger partial charge is 0.447 e. The van der Waals surface area contributed by atoms with Crippen molar-refractivity contribution in [2.75, 3.05) is 33.0 Å². The Balaban J connectivity index is -0.000000796. The summed E-state index contributed by atoms with van der Waals surface area (Å²) in [5.41, 5.74) is 0. The van der Waals surface area contributed by atoms with Crippen molar-refractivity contribution in [1.29, 1.82) is 0 Å². The molecule has 1 amide bonds. The highest BCUT2D eigenvalue weighted by Crippen LogP contribution is 2.22. The fourth-order valence-corrected chi connectivity index (χ4v) is 2.39. The van der Waals surface area contributed by atoms with Crippen molar-refractivity contribution >= 4 is 18.7 Å². The Morgan fingerprint density at radius 2 is 1.44 bits per heavy atom. The Bertz CT molecular complexity index is 278. The number of ether oxygens (including phenoxy) is 3. The van der Waals surface area contributed by atoms with Crippen LogP contribution in [-0.4, -0.2) is 50.4 Å². The number of carbonyl (C=O) groups is 1. The Hall–Kier alpha value is -0.460. The molecule has 0 atom stereocenters. The molecule has 5 nitrogen and oxygen atoms in total. The first kappa shape index (κ1) is 26.8. The predicted molar refractivity (Wildman–Crippen MR) is 111 cm³/mol. The van der Waals surface area contributed by atoms with Crippen LogP contribution in [0.1, 0.15) is 74.6 Å². The monoisotopic (exact) mass is 381 g/mol. The van der Waals surface area contributed by atoms with Gasteiger partial charge in [0.05, 0.1) is 19.8 Å². The highest BCUT2D eigenvalue weighted by atomic mass is 32.1. The number of thiol groups is 1. The van der Waals surface area contributed by atoms with Crippen LogP contribution in [-0.2, 0) is 14.2 Å². The number of nitrogens with one attached hydrogen (secondary N) is 1. The van der Waals surface area contributed by atoms with E-state index in [9.17, 15) is 4.79 Å². The number of carbonyl (C=O) groups excluding carboxylic acids is 1. The molecule has 0 unspecified atom stereocenters. The van der Waals surface area contributed by atoms with Crippen molar-refractivity contribution in [3.05, 3.63) is 0 Å². The van der Waals surface area contributed by atoms with Crippen molar-refractivity contribution in [2.45, 2.75) is 84.4 Å². The van der Waals surface area contributed by atoms with E-state index in [1.54, 1.807) is 0 Å². The first-order valence-corrected chi connectivity index (χ1v) is 10.4. The molecule has 0 saturated heterocycles. The lowest BCUT2D eigenvalue weighted by molar-refractivity contribution is 0.0277. The summed E-state index contributed by atoms with van der Waals surface area (Å²) in [5.74, 6) is 0. The number of rotatable bonds is 9. The van der Waals surface area contributed by atoms with E-state index >= 15 is 0 Å². The third-order valence-corrected chi connectivity index (χ3v) is 3.72. The van der Waals surface area contributed by atoms with Crippen LogP contribution in [0.3, 0.4) is 0 Å². The fourth-order valence-electron chi connectivity index (χ4n) is 2.09. The Kier molecular flexibility index (Phi) is 23.1. The van der Waals surface area contributed by atoms with Crippen LogP contribution in [0.15, 0.2) is 0 Å². The second-order valence-corrected chi connectivity index (χ2v) is 6.45. The van der Waals surface area contributed by atoms with Gasteiger partial charge in [0.15, 0.2) is 0 Å². The highest BCUT2D eigenvalue weighted by Gasteiger charge is 2.20. The highest BCUT2D eigenvalue weighted by molar-refractivity contribution is 7.80. The molecule has 1 rings (SSSR count). The predicted octanol–water partition coefficient (Wildman–Crippen LogP) is 5.09. The molecule has 0 aromatic rings. The molecule has 0 aliphatic heterocycles. The van der Waals surface area contributed by atoms with Crippen molar-refractivity contribution in [1.82, 2.24) is 5.32 Å². The quantitative estimate of drug-likeness (QED) is 0.432. The zero-order valence-corrected chi connectivity index (χ0v) is 17.9. The fraction of sp³-hybridized carbons (Fsp3) is 0.947. The maximum Gasteiger partial charge on any atom is 0.407 e. The molecule has 0 aromatic heterocycles. The molecule has 0 bridgehead atoms. The first-order chi connectivity index (χ1) is 12.1. The van der Waals surface area contributed by atoms with Crippen LogP contribution >= 0.6 is 12.6 Å². The molecule has 0 aromatic carbocycles. The molecular weight excluding hydrogens is 338 g/mol. The van der Waals surface area contributed by atoms with E-state index in [0.717, 1.165) is 38.7 Å². The molecular formula is C19H43NO4S. The lowest BCUT2D eigenvalue weighted by Gasteiger charge is -2.26. The van der Waals surface area contributed by atoms with Gasteiger partial charge in [-0.15, -0.1) is 0 Å². The van der Waals surface area contributed by atoms with E-state index < -0.39 is 0 Å². The number of amides is 1. The average Bonchev–Trinajstić information content (AvgIpc) is 2.62. The topological polar surface area (TPSA) is 56.8 Å². The van der Waals surface area contributed by atoms with Gasteiger partial charge in [0, 0.05) is 19.3 Å². The minimum atomic E-state index is -0.349. The molecule has 0 heterocycles. The third-order valence-electron chi connectivity index (χ3n) is 3.20. The van der Waals surface area contributed by atoms with Crippen molar-refractivity contribution in [2.24, 2.45) is 0 Å².